The summed E-state index contributed by atoms with van der Waals surface area (Å²) in [6, 6.07) is 8.89. The number of rotatable bonds is 2. The number of benzene rings is 2. The number of fused-ring (bicyclic) bond motifs is 1. The van der Waals surface area contributed by atoms with Crippen LogP contribution in [0.4, 0.5) is 11.4 Å². The zero-order valence-electron chi connectivity index (χ0n) is 10.1. The number of esters is 1. The fourth-order valence-electron chi connectivity index (χ4n) is 1.59. The van der Waals surface area contributed by atoms with Gasteiger partial charge in [-0.3, -0.25) is 0 Å². The van der Waals surface area contributed by atoms with Crippen LogP contribution in [0.15, 0.2) is 42.5 Å². The molecule has 4 nitrogen and oxygen atoms in total. The molecule has 0 aliphatic heterocycles. The summed E-state index contributed by atoms with van der Waals surface area (Å²) >= 11 is 0. The molecule has 18 heavy (non-hydrogen) atoms. The van der Waals surface area contributed by atoms with Gasteiger partial charge in [0.2, 0.25) is 0 Å². The van der Waals surface area contributed by atoms with Crippen LogP contribution >= 0.6 is 0 Å². The Hall–Kier alpha value is -2.49. The van der Waals surface area contributed by atoms with Gasteiger partial charge >= 0.3 is 5.97 Å². The van der Waals surface area contributed by atoms with Crippen molar-refractivity contribution in [3.63, 3.8) is 0 Å². The second-order valence-electron chi connectivity index (χ2n) is 4.17. The third kappa shape index (κ3) is 2.27. The van der Waals surface area contributed by atoms with E-state index >= 15 is 0 Å². The third-order valence-electron chi connectivity index (χ3n) is 2.54. The molecule has 0 radical (unpaired) electrons. The number of hydrogen-bond donors (Lipinski definition) is 2. The average molecular weight is 242 g/mol. The molecule has 92 valence electrons. The van der Waals surface area contributed by atoms with Crippen LogP contribution < -0.4 is 16.2 Å². The van der Waals surface area contributed by atoms with Crippen molar-refractivity contribution in [3.05, 3.63) is 42.5 Å². The highest BCUT2D eigenvalue weighted by Gasteiger charge is 2.09. The molecule has 2 rings (SSSR count). The second kappa shape index (κ2) is 4.41. The van der Waals surface area contributed by atoms with Crippen LogP contribution in [-0.2, 0) is 4.79 Å². The summed E-state index contributed by atoms with van der Waals surface area (Å²) < 4.78 is 5.15. The maximum Gasteiger partial charge on any atom is 0.338 e. The lowest BCUT2D eigenvalue weighted by atomic mass is 10.1. The Morgan fingerprint density at radius 3 is 2.56 bits per heavy atom. The molecular formula is C14H14N2O2. The molecule has 0 bridgehead atoms. The Kier molecular flexibility index (Phi) is 2.93. The van der Waals surface area contributed by atoms with Crippen molar-refractivity contribution < 1.29 is 9.53 Å². The molecule has 2 aromatic rings. The first-order chi connectivity index (χ1) is 8.47. The molecule has 0 unspecified atom stereocenters. The van der Waals surface area contributed by atoms with Crippen LogP contribution in [-0.4, -0.2) is 5.97 Å². The first kappa shape index (κ1) is 12.0. The van der Waals surface area contributed by atoms with Gasteiger partial charge in [0.15, 0.2) is 5.75 Å². The fourth-order valence-corrected chi connectivity index (χ4v) is 1.59. The lowest BCUT2D eigenvalue weighted by Crippen LogP contribution is -2.09. The van der Waals surface area contributed by atoms with Crippen LogP contribution in [0.1, 0.15) is 6.92 Å². The van der Waals surface area contributed by atoms with Crippen molar-refractivity contribution in [3.8, 4) is 5.75 Å². The van der Waals surface area contributed by atoms with E-state index in [1.807, 2.05) is 12.1 Å². The van der Waals surface area contributed by atoms with Gasteiger partial charge in [0.1, 0.15) is 0 Å². The van der Waals surface area contributed by atoms with E-state index in [4.69, 9.17) is 16.2 Å². The average Bonchev–Trinajstić information content (AvgIpc) is 2.30. The number of carbonyl (C=O) groups excluding carboxylic acids is 1. The van der Waals surface area contributed by atoms with Crippen molar-refractivity contribution in [2.24, 2.45) is 0 Å². The van der Waals surface area contributed by atoms with Gasteiger partial charge in [-0.2, -0.15) is 0 Å². The van der Waals surface area contributed by atoms with Gasteiger partial charge < -0.3 is 16.2 Å². The van der Waals surface area contributed by atoms with E-state index in [-0.39, 0.29) is 0 Å². The highest BCUT2D eigenvalue weighted by Crippen LogP contribution is 2.29. The minimum absolute atomic E-state index is 0.326. The smallest absolute Gasteiger partial charge is 0.338 e. The van der Waals surface area contributed by atoms with Crippen molar-refractivity contribution in [1.82, 2.24) is 0 Å². The summed E-state index contributed by atoms with van der Waals surface area (Å²) in [7, 11) is 0. The Labute approximate surface area is 105 Å². The summed E-state index contributed by atoms with van der Waals surface area (Å²) in [4.78, 5) is 11.5. The minimum Gasteiger partial charge on any atom is -0.421 e. The molecule has 0 fully saturated rings. The number of nitrogens with two attached hydrogens (primary N) is 2. The quantitative estimate of drug-likeness (QED) is 0.367. The molecule has 0 saturated heterocycles. The zero-order chi connectivity index (χ0) is 13.3. The van der Waals surface area contributed by atoms with Crippen LogP contribution in [0.5, 0.6) is 5.75 Å². The largest absolute Gasteiger partial charge is 0.421 e. The lowest BCUT2D eigenvalue weighted by Gasteiger charge is -2.09. The number of ether oxygens (including phenoxy) is 1. The number of hydrogen-bond acceptors (Lipinski definition) is 4. The summed E-state index contributed by atoms with van der Waals surface area (Å²) in [6.45, 7) is 5.11. The van der Waals surface area contributed by atoms with Crippen LogP contribution in [0.2, 0.25) is 0 Å². The third-order valence-corrected chi connectivity index (χ3v) is 2.54. The summed E-state index contributed by atoms with van der Waals surface area (Å²) in [5.41, 5.74) is 12.9. The van der Waals surface area contributed by atoms with Gasteiger partial charge in [-0.15, -0.1) is 0 Å². The standard InChI is InChI=1S/C14H14N2O2/c1-8(2)14(17)18-13-7-9-3-4-11(15)5-10(9)6-12(13)16/h3-7H,1,15-16H2,2H3. The van der Waals surface area contributed by atoms with E-state index in [1.165, 1.54) is 0 Å². The van der Waals surface area contributed by atoms with Gasteiger partial charge in [-0.1, -0.05) is 12.6 Å². The predicted molar refractivity (Wildman–Crippen MR) is 73.2 cm³/mol. The van der Waals surface area contributed by atoms with Crippen molar-refractivity contribution in [1.29, 1.82) is 0 Å². The van der Waals surface area contributed by atoms with Crippen molar-refractivity contribution in [2.45, 2.75) is 6.92 Å². The molecule has 4 N–H and O–H groups in total. The molecule has 0 aliphatic rings. The molecule has 2 aromatic carbocycles. The molecule has 0 spiro atoms. The predicted octanol–water partition coefficient (Wildman–Crippen LogP) is 2.49. The molecule has 0 aliphatic carbocycles. The van der Waals surface area contributed by atoms with Crippen LogP contribution in [0, 0.1) is 0 Å². The van der Waals surface area contributed by atoms with E-state index in [9.17, 15) is 4.79 Å². The molecule has 0 heterocycles. The SMILES string of the molecule is C=C(C)C(=O)Oc1cc2ccc(N)cc2cc1N. The summed E-state index contributed by atoms with van der Waals surface area (Å²) in [6.07, 6.45) is 0. The van der Waals surface area contributed by atoms with E-state index < -0.39 is 5.97 Å². The fraction of sp³-hybridized carbons (Fsp3) is 0.0714. The molecule has 0 amide bonds. The van der Waals surface area contributed by atoms with Gasteiger partial charge in [0.05, 0.1) is 5.69 Å². The summed E-state index contributed by atoms with van der Waals surface area (Å²) in [5, 5.41) is 1.81. The molecule has 0 atom stereocenters. The van der Waals surface area contributed by atoms with E-state index in [2.05, 4.69) is 6.58 Å². The molecule has 0 aromatic heterocycles. The van der Waals surface area contributed by atoms with Gasteiger partial charge in [-0.05, 0) is 42.0 Å². The Morgan fingerprint density at radius 1 is 1.17 bits per heavy atom. The normalized spacial score (nSPS) is 10.3. The first-order valence-corrected chi connectivity index (χ1v) is 5.44. The highest BCUT2D eigenvalue weighted by molar-refractivity contribution is 5.93. The monoisotopic (exact) mass is 242 g/mol. The maximum atomic E-state index is 11.5. The topological polar surface area (TPSA) is 78.3 Å². The second-order valence-corrected chi connectivity index (χ2v) is 4.17. The number of nitrogen functional groups attached to an aromatic ring is 2. The Bertz CT molecular complexity index is 648. The van der Waals surface area contributed by atoms with Crippen LogP contribution in [0.3, 0.4) is 0 Å². The van der Waals surface area contributed by atoms with E-state index in [0.29, 0.717) is 22.7 Å². The van der Waals surface area contributed by atoms with E-state index in [1.54, 1.807) is 25.1 Å². The molecular weight excluding hydrogens is 228 g/mol. The first-order valence-electron chi connectivity index (χ1n) is 5.44. The van der Waals surface area contributed by atoms with Gasteiger partial charge in [0, 0.05) is 11.3 Å². The van der Waals surface area contributed by atoms with Gasteiger partial charge in [0.25, 0.3) is 0 Å². The Balaban J connectivity index is 2.46. The van der Waals surface area contributed by atoms with Crippen molar-refractivity contribution >= 4 is 28.1 Å². The molecule has 0 saturated carbocycles. The minimum atomic E-state index is -0.489. The van der Waals surface area contributed by atoms with Gasteiger partial charge in [-0.25, -0.2) is 4.79 Å². The van der Waals surface area contributed by atoms with E-state index in [0.717, 1.165) is 10.8 Å². The molecule has 4 heteroatoms. The van der Waals surface area contributed by atoms with Crippen molar-refractivity contribution in [2.75, 3.05) is 11.5 Å². The Morgan fingerprint density at radius 2 is 1.89 bits per heavy atom. The summed E-state index contributed by atoms with van der Waals surface area (Å²) in [5.74, 6) is -0.156. The maximum absolute atomic E-state index is 11.5. The lowest BCUT2D eigenvalue weighted by molar-refractivity contribution is -0.130. The number of anilines is 2. The van der Waals surface area contributed by atoms with Crippen LogP contribution in [0.25, 0.3) is 10.8 Å². The zero-order valence-corrected chi connectivity index (χ0v) is 10.1. The number of carbonyl (C=O) groups is 1. The highest BCUT2D eigenvalue weighted by atomic mass is 16.5.